The van der Waals surface area contributed by atoms with Crippen LogP contribution in [0.4, 0.5) is 13.2 Å². The van der Waals surface area contributed by atoms with E-state index in [0.717, 1.165) is 0 Å². The summed E-state index contributed by atoms with van der Waals surface area (Å²) < 4.78 is 54.9. The highest BCUT2D eigenvalue weighted by molar-refractivity contribution is 7.86. The molecule has 0 radical (unpaired) electrons. The van der Waals surface area contributed by atoms with Crippen LogP contribution in [0.25, 0.3) is 0 Å². The second-order valence-electron chi connectivity index (χ2n) is 9.38. The van der Waals surface area contributed by atoms with Crippen molar-refractivity contribution < 1.29 is 25.8 Å². The van der Waals surface area contributed by atoms with Gasteiger partial charge in [-0.2, -0.15) is 12.6 Å². The molecule has 0 amide bonds. The van der Waals surface area contributed by atoms with Crippen LogP contribution >= 0.6 is 0 Å². The summed E-state index contributed by atoms with van der Waals surface area (Å²) in [5, 5.41) is 0. The van der Waals surface area contributed by atoms with Gasteiger partial charge < -0.3 is 4.90 Å². The minimum absolute atomic E-state index is 0.320. The van der Waals surface area contributed by atoms with Gasteiger partial charge in [0, 0.05) is 0 Å². The van der Waals surface area contributed by atoms with Crippen molar-refractivity contribution in [2.24, 2.45) is 0 Å². The summed E-state index contributed by atoms with van der Waals surface area (Å²) in [5.41, 5.74) is 0. The van der Waals surface area contributed by atoms with Crippen LogP contribution in [0.3, 0.4) is 0 Å². The van der Waals surface area contributed by atoms with Crippen LogP contribution < -0.4 is 0 Å². The van der Waals surface area contributed by atoms with Crippen LogP contribution in [-0.2, 0) is 14.3 Å². The smallest absolute Gasteiger partial charge is 0.303 e. The van der Waals surface area contributed by atoms with Crippen LogP contribution in [0.2, 0.25) is 0 Å². The lowest BCUT2D eigenvalue weighted by atomic mass is 10.1. The second-order valence-corrected chi connectivity index (χ2v) is 11.0. The number of hydrogen-bond donors (Lipinski definition) is 0. The average Bonchev–Trinajstić information content (AvgIpc) is 2.72. The molecule has 0 bridgehead atoms. The highest BCUT2D eigenvalue weighted by Gasteiger charge is 2.34. The van der Waals surface area contributed by atoms with E-state index in [1.54, 1.807) is 0 Å². The Morgan fingerprint density at radius 2 is 0.824 bits per heavy atom. The van der Waals surface area contributed by atoms with Crippen molar-refractivity contribution in [3.63, 3.8) is 0 Å². The molecule has 0 unspecified atom stereocenters. The molecule has 0 aromatic rings. The first-order valence-corrected chi connectivity index (χ1v) is 15.6. The van der Waals surface area contributed by atoms with E-state index in [2.05, 4.69) is 29.9 Å². The lowest BCUT2D eigenvalue weighted by molar-refractivity contribution is -0.271. The summed E-state index contributed by atoms with van der Waals surface area (Å²) in [6, 6.07) is 0. The zero-order valence-electron chi connectivity index (χ0n) is 22.6. The van der Waals surface area contributed by atoms with Gasteiger partial charge in [-0.1, -0.05) is 117 Å². The minimum Gasteiger partial charge on any atom is -0.303 e. The Balaban J connectivity index is 0. The number of unbranched alkanes of at least 4 members (excludes halogenated alkanes) is 15. The second kappa shape index (κ2) is 24.4. The SMILES string of the molecule is CCCCCCCCN(CCCCCCCC)CCCCCCCC.CS(=O)(=O)OC(F)(F)F. The Morgan fingerprint density at radius 1 is 0.559 bits per heavy atom. The molecule has 0 rings (SSSR count). The molecule has 0 aliphatic rings. The summed E-state index contributed by atoms with van der Waals surface area (Å²) in [6.07, 6.45) is 20.9. The van der Waals surface area contributed by atoms with E-state index in [1.165, 1.54) is 135 Å². The van der Waals surface area contributed by atoms with Crippen molar-refractivity contribution in [3.8, 4) is 0 Å². The van der Waals surface area contributed by atoms with Crippen LogP contribution in [0, 0.1) is 0 Å². The molecule has 0 aromatic heterocycles. The fourth-order valence-electron chi connectivity index (χ4n) is 3.85. The first-order chi connectivity index (χ1) is 16.1. The Kier molecular flexibility index (Phi) is 25.7. The molecule has 0 heterocycles. The third-order valence-electron chi connectivity index (χ3n) is 5.73. The van der Waals surface area contributed by atoms with Crippen LogP contribution in [0.5, 0.6) is 0 Å². The van der Waals surface area contributed by atoms with Crippen LogP contribution in [-0.4, -0.2) is 45.6 Å². The van der Waals surface area contributed by atoms with E-state index in [9.17, 15) is 21.6 Å². The van der Waals surface area contributed by atoms with Gasteiger partial charge >= 0.3 is 6.36 Å². The molecule has 4 nitrogen and oxygen atoms in total. The quantitative estimate of drug-likeness (QED) is 0.106. The van der Waals surface area contributed by atoms with Crippen LogP contribution in [0.1, 0.15) is 136 Å². The molecule has 34 heavy (non-hydrogen) atoms. The molecule has 0 saturated carbocycles. The zero-order chi connectivity index (χ0) is 26.1. The largest absolute Gasteiger partial charge is 0.537 e. The van der Waals surface area contributed by atoms with Crippen molar-refractivity contribution >= 4 is 10.1 Å². The van der Waals surface area contributed by atoms with Gasteiger partial charge in [-0.25, -0.2) is 0 Å². The Morgan fingerprint density at radius 3 is 1.03 bits per heavy atom. The lowest BCUT2D eigenvalue weighted by Crippen LogP contribution is -2.27. The van der Waals surface area contributed by atoms with Crippen molar-refractivity contribution in [1.29, 1.82) is 0 Å². The predicted molar refractivity (Wildman–Crippen MR) is 139 cm³/mol. The van der Waals surface area contributed by atoms with Gasteiger partial charge in [0.2, 0.25) is 0 Å². The molecular formula is C26H54F3NO3S. The standard InChI is InChI=1S/C24H51N.C2H3F3O3S/c1-4-7-10-13-16-19-22-25(23-20-17-14-11-8-5-2)24-21-18-15-12-9-6-3;1-9(6,7)8-2(3,4)5/h4-24H2,1-3H3;1H3. The number of rotatable bonds is 22. The molecule has 8 heteroatoms. The molecule has 0 aliphatic heterocycles. The number of nitrogens with zero attached hydrogens (tertiary/aromatic N) is 1. The Labute approximate surface area is 209 Å². The summed E-state index contributed by atoms with van der Waals surface area (Å²) in [7, 11) is -4.41. The highest BCUT2D eigenvalue weighted by Crippen LogP contribution is 2.18. The van der Waals surface area contributed by atoms with E-state index >= 15 is 0 Å². The first kappa shape index (κ1) is 35.8. The van der Waals surface area contributed by atoms with Crippen molar-refractivity contribution in [2.45, 2.75) is 143 Å². The van der Waals surface area contributed by atoms with E-state index in [0.29, 0.717) is 6.26 Å². The third-order valence-corrected chi connectivity index (χ3v) is 6.22. The molecule has 0 N–H and O–H groups in total. The van der Waals surface area contributed by atoms with E-state index in [1.807, 2.05) is 0 Å². The Bertz CT molecular complexity index is 476. The summed E-state index contributed by atoms with van der Waals surface area (Å²) >= 11 is 0. The fourth-order valence-corrected chi connectivity index (χ4v) is 4.20. The normalized spacial score (nSPS) is 12.1. The van der Waals surface area contributed by atoms with Gasteiger partial charge in [-0.3, -0.25) is 0 Å². The topological polar surface area (TPSA) is 46.6 Å². The van der Waals surface area contributed by atoms with Gasteiger partial charge in [0.15, 0.2) is 0 Å². The molecule has 0 aromatic carbocycles. The maximum atomic E-state index is 11.0. The average molecular weight is 518 g/mol. The van der Waals surface area contributed by atoms with Crippen molar-refractivity contribution in [3.05, 3.63) is 0 Å². The maximum absolute atomic E-state index is 11.0. The predicted octanol–water partition coefficient (Wildman–Crippen LogP) is 8.85. The minimum atomic E-state index is -5.10. The van der Waals surface area contributed by atoms with E-state index in [4.69, 9.17) is 0 Å². The lowest BCUT2D eigenvalue weighted by Gasteiger charge is -2.22. The molecule has 0 saturated heterocycles. The molecule has 0 aliphatic carbocycles. The van der Waals surface area contributed by atoms with Gasteiger partial charge in [-0.05, 0) is 38.9 Å². The van der Waals surface area contributed by atoms with Crippen molar-refractivity contribution in [1.82, 2.24) is 4.90 Å². The first-order valence-electron chi connectivity index (χ1n) is 13.7. The third kappa shape index (κ3) is 33.8. The monoisotopic (exact) mass is 517 g/mol. The molecule has 0 atom stereocenters. The van der Waals surface area contributed by atoms with Gasteiger partial charge in [0.1, 0.15) is 0 Å². The highest BCUT2D eigenvalue weighted by atomic mass is 32.2. The van der Waals surface area contributed by atoms with Gasteiger partial charge in [0.05, 0.1) is 6.26 Å². The van der Waals surface area contributed by atoms with E-state index in [-0.39, 0.29) is 0 Å². The fraction of sp³-hybridized carbons (Fsp3) is 1.00. The summed E-state index contributed by atoms with van der Waals surface area (Å²) in [5.74, 6) is 0. The van der Waals surface area contributed by atoms with E-state index < -0.39 is 16.5 Å². The van der Waals surface area contributed by atoms with Crippen molar-refractivity contribution in [2.75, 3.05) is 25.9 Å². The molecular weight excluding hydrogens is 463 g/mol. The maximum Gasteiger partial charge on any atom is 0.537 e. The molecule has 208 valence electrons. The van der Waals surface area contributed by atoms with Gasteiger partial charge in [0.25, 0.3) is 10.1 Å². The Hall–Kier alpha value is -0.340. The van der Waals surface area contributed by atoms with Gasteiger partial charge in [-0.15, -0.1) is 13.2 Å². The van der Waals surface area contributed by atoms with Crippen LogP contribution in [0.15, 0.2) is 0 Å². The number of halogens is 3. The zero-order valence-corrected chi connectivity index (χ0v) is 23.4. The number of hydrogen-bond acceptors (Lipinski definition) is 4. The number of alkyl halides is 3. The molecule has 0 fully saturated rings. The molecule has 0 spiro atoms. The summed E-state index contributed by atoms with van der Waals surface area (Å²) in [4.78, 5) is 2.79. The summed E-state index contributed by atoms with van der Waals surface area (Å²) in [6.45, 7) is 11.0.